The van der Waals surface area contributed by atoms with Crippen molar-refractivity contribution in [2.24, 2.45) is 0 Å². The number of nitrogens with zero attached hydrogens (tertiary/aromatic N) is 1. The molecule has 0 bridgehead atoms. The Kier molecular flexibility index (Phi) is 5.38. The van der Waals surface area contributed by atoms with Gasteiger partial charge in [0.15, 0.2) is 0 Å². The first kappa shape index (κ1) is 17.7. The van der Waals surface area contributed by atoms with Crippen LogP contribution in [-0.2, 0) is 4.79 Å². The molecule has 0 unspecified atom stereocenters. The summed E-state index contributed by atoms with van der Waals surface area (Å²) in [6, 6.07) is 8.13. The average molecular weight is 369 g/mol. The zero-order valence-corrected chi connectivity index (χ0v) is 13.7. The number of nitrogens with one attached hydrogen (secondary N) is 1. The normalized spacial score (nSPS) is 10.1. The minimum atomic E-state index is -0.684. The fourth-order valence-corrected chi connectivity index (χ4v) is 2.28. The van der Waals surface area contributed by atoms with Crippen LogP contribution in [0.4, 0.5) is 11.4 Å². The zero-order valence-electron chi connectivity index (χ0n) is 12.2. The van der Waals surface area contributed by atoms with E-state index in [1.807, 2.05) is 0 Å². The van der Waals surface area contributed by atoms with Crippen molar-refractivity contribution >= 4 is 46.5 Å². The Bertz CT molecular complexity index is 839. The molecule has 2 aromatic carbocycles. The van der Waals surface area contributed by atoms with Gasteiger partial charge in [0, 0.05) is 18.0 Å². The van der Waals surface area contributed by atoms with Crippen molar-refractivity contribution < 1.29 is 19.2 Å². The van der Waals surface area contributed by atoms with E-state index < -0.39 is 16.8 Å². The maximum absolute atomic E-state index is 12.4. The number of nitro benzene ring substituents is 1. The molecule has 0 saturated carbocycles. The van der Waals surface area contributed by atoms with Gasteiger partial charge < -0.3 is 10.1 Å². The summed E-state index contributed by atoms with van der Waals surface area (Å²) >= 11 is 11.8. The van der Waals surface area contributed by atoms with Gasteiger partial charge >= 0.3 is 5.97 Å². The lowest BCUT2D eigenvalue weighted by atomic mass is 10.1. The van der Waals surface area contributed by atoms with Gasteiger partial charge in [0.05, 0.1) is 16.2 Å². The number of anilines is 1. The maximum atomic E-state index is 12.4. The summed E-state index contributed by atoms with van der Waals surface area (Å²) in [6.45, 7) is 1.19. The highest BCUT2D eigenvalue weighted by Gasteiger charge is 2.20. The molecule has 9 heteroatoms. The highest BCUT2D eigenvalue weighted by Crippen LogP contribution is 2.32. The van der Waals surface area contributed by atoms with E-state index in [0.717, 1.165) is 0 Å². The van der Waals surface area contributed by atoms with E-state index in [0.29, 0.717) is 0 Å². The number of halogens is 2. The summed E-state index contributed by atoms with van der Waals surface area (Å²) < 4.78 is 4.95. The summed E-state index contributed by atoms with van der Waals surface area (Å²) in [5.41, 5.74) is -0.314. The van der Waals surface area contributed by atoms with Crippen molar-refractivity contribution in [2.45, 2.75) is 6.92 Å². The highest BCUT2D eigenvalue weighted by molar-refractivity contribution is 6.36. The van der Waals surface area contributed by atoms with Crippen LogP contribution in [0, 0.1) is 10.1 Å². The number of rotatable bonds is 4. The van der Waals surface area contributed by atoms with Gasteiger partial charge in [-0.15, -0.1) is 0 Å². The van der Waals surface area contributed by atoms with E-state index in [2.05, 4.69) is 5.32 Å². The Labute approximate surface area is 146 Å². The smallest absolute Gasteiger partial charge is 0.308 e. The molecule has 0 aromatic heterocycles. The van der Waals surface area contributed by atoms with E-state index in [1.54, 1.807) is 0 Å². The SMILES string of the molecule is CC(=O)Oc1ccc(Cl)cc1C(=O)Nc1cccc([N+](=O)[O-])c1Cl. The van der Waals surface area contributed by atoms with Gasteiger partial charge in [-0.3, -0.25) is 19.7 Å². The first-order valence-electron chi connectivity index (χ1n) is 6.52. The lowest BCUT2D eigenvalue weighted by Crippen LogP contribution is -2.15. The van der Waals surface area contributed by atoms with Crippen LogP contribution in [0.15, 0.2) is 36.4 Å². The first-order chi connectivity index (χ1) is 11.3. The largest absolute Gasteiger partial charge is 0.426 e. The summed E-state index contributed by atoms with van der Waals surface area (Å²) in [5, 5.41) is 13.4. The van der Waals surface area contributed by atoms with Crippen LogP contribution < -0.4 is 10.1 Å². The molecule has 0 aliphatic heterocycles. The second-order valence-electron chi connectivity index (χ2n) is 4.58. The molecule has 1 N–H and O–H groups in total. The van der Waals surface area contributed by atoms with Crippen LogP contribution in [0.25, 0.3) is 0 Å². The van der Waals surface area contributed by atoms with Crippen LogP contribution in [0.1, 0.15) is 17.3 Å². The molecule has 0 aliphatic rings. The Morgan fingerprint density at radius 2 is 1.92 bits per heavy atom. The van der Waals surface area contributed by atoms with Gasteiger partial charge in [-0.05, 0) is 24.3 Å². The van der Waals surface area contributed by atoms with Gasteiger partial charge in [0.2, 0.25) is 0 Å². The number of hydrogen-bond acceptors (Lipinski definition) is 5. The molecule has 0 heterocycles. The highest BCUT2D eigenvalue weighted by atomic mass is 35.5. The summed E-state index contributed by atoms with van der Waals surface area (Å²) in [7, 11) is 0. The Morgan fingerprint density at radius 3 is 2.54 bits per heavy atom. The van der Waals surface area contributed by atoms with Gasteiger partial charge in [0.25, 0.3) is 11.6 Å². The van der Waals surface area contributed by atoms with E-state index in [4.69, 9.17) is 27.9 Å². The average Bonchev–Trinajstić information content (AvgIpc) is 2.50. The molecule has 7 nitrogen and oxygen atoms in total. The molecule has 24 heavy (non-hydrogen) atoms. The molecule has 124 valence electrons. The van der Waals surface area contributed by atoms with Crippen molar-refractivity contribution in [2.75, 3.05) is 5.32 Å². The van der Waals surface area contributed by atoms with Gasteiger partial charge in [-0.1, -0.05) is 29.3 Å². The Balaban J connectivity index is 2.37. The van der Waals surface area contributed by atoms with Crippen molar-refractivity contribution in [3.05, 3.63) is 62.1 Å². The molecule has 0 fully saturated rings. The predicted molar refractivity (Wildman–Crippen MR) is 88.8 cm³/mol. The van der Waals surface area contributed by atoms with Gasteiger partial charge in [0.1, 0.15) is 10.8 Å². The van der Waals surface area contributed by atoms with Crippen molar-refractivity contribution in [1.29, 1.82) is 0 Å². The molecule has 0 atom stereocenters. The minimum Gasteiger partial charge on any atom is -0.426 e. The number of carbonyl (C=O) groups excluding carboxylic acids is 2. The lowest BCUT2D eigenvalue weighted by Gasteiger charge is -2.11. The number of hydrogen-bond donors (Lipinski definition) is 1. The fourth-order valence-electron chi connectivity index (χ4n) is 1.87. The van der Waals surface area contributed by atoms with Crippen molar-refractivity contribution in [1.82, 2.24) is 0 Å². The molecule has 0 saturated heterocycles. The van der Waals surface area contributed by atoms with Gasteiger partial charge in [-0.25, -0.2) is 0 Å². The number of ether oxygens (including phenoxy) is 1. The van der Waals surface area contributed by atoms with Crippen LogP contribution in [0.5, 0.6) is 5.75 Å². The standard InChI is InChI=1S/C15H10Cl2N2O5/c1-8(20)24-13-6-5-9(16)7-10(13)15(21)18-11-3-2-4-12(14(11)17)19(22)23/h2-7H,1H3,(H,18,21). The van der Waals surface area contributed by atoms with E-state index in [-0.39, 0.29) is 32.7 Å². The molecule has 1 amide bonds. The molecule has 2 rings (SSSR count). The summed E-state index contributed by atoms with van der Waals surface area (Å²) in [6.07, 6.45) is 0. The number of esters is 1. The number of benzene rings is 2. The lowest BCUT2D eigenvalue weighted by molar-refractivity contribution is -0.384. The topological polar surface area (TPSA) is 98.5 Å². The first-order valence-corrected chi connectivity index (χ1v) is 7.27. The Morgan fingerprint density at radius 1 is 1.21 bits per heavy atom. The number of amides is 1. The minimum absolute atomic E-state index is 0.00551. The van der Waals surface area contributed by atoms with E-state index in [9.17, 15) is 19.7 Å². The second-order valence-corrected chi connectivity index (χ2v) is 5.40. The molecular formula is C15H10Cl2N2O5. The molecule has 0 spiro atoms. The van der Waals surface area contributed by atoms with Crippen LogP contribution in [0.2, 0.25) is 10.0 Å². The second kappa shape index (κ2) is 7.29. The molecule has 0 aliphatic carbocycles. The molecular weight excluding hydrogens is 359 g/mol. The third-order valence-corrected chi connectivity index (χ3v) is 3.50. The molecule has 2 aromatic rings. The third kappa shape index (κ3) is 4.01. The number of carbonyl (C=O) groups is 2. The maximum Gasteiger partial charge on any atom is 0.308 e. The van der Waals surface area contributed by atoms with Crippen LogP contribution in [-0.4, -0.2) is 16.8 Å². The number of nitro groups is 1. The fraction of sp³-hybridized carbons (Fsp3) is 0.0667. The van der Waals surface area contributed by atoms with E-state index >= 15 is 0 Å². The zero-order chi connectivity index (χ0) is 17.9. The van der Waals surface area contributed by atoms with Crippen molar-refractivity contribution in [3.63, 3.8) is 0 Å². The molecule has 0 radical (unpaired) electrons. The summed E-state index contributed by atoms with van der Waals surface area (Å²) in [5.74, 6) is -1.29. The quantitative estimate of drug-likeness (QED) is 0.379. The Hall–Kier alpha value is -2.64. The summed E-state index contributed by atoms with van der Waals surface area (Å²) in [4.78, 5) is 33.8. The predicted octanol–water partition coefficient (Wildman–Crippen LogP) is 4.08. The van der Waals surface area contributed by atoms with Crippen LogP contribution in [0.3, 0.4) is 0 Å². The monoisotopic (exact) mass is 368 g/mol. The third-order valence-electron chi connectivity index (χ3n) is 2.86. The van der Waals surface area contributed by atoms with Crippen molar-refractivity contribution in [3.8, 4) is 5.75 Å². The van der Waals surface area contributed by atoms with Gasteiger partial charge in [-0.2, -0.15) is 0 Å². The van der Waals surface area contributed by atoms with Crippen LogP contribution >= 0.6 is 23.2 Å². The van der Waals surface area contributed by atoms with E-state index in [1.165, 1.54) is 43.3 Å².